The van der Waals surface area contributed by atoms with Gasteiger partial charge in [-0.2, -0.15) is 0 Å². The lowest BCUT2D eigenvalue weighted by atomic mass is 9.65. The molecule has 0 radical (unpaired) electrons. The molecule has 0 saturated carbocycles. The van der Waals surface area contributed by atoms with Gasteiger partial charge in [-0.1, -0.05) is 45.9 Å². The Bertz CT molecular complexity index is 1200. The number of nitrogens with one attached hydrogen (secondary N) is 1. The lowest BCUT2D eigenvalue weighted by Gasteiger charge is -2.52. The van der Waals surface area contributed by atoms with E-state index in [9.17, 15) is 17.6 Å². The molecule has 4 rings (SSSR count). The zero-order chi connectivity index (χ0) is 26.8. The zero-order valence-corrected chi connectivity index (χ0v) is 23.9. The molecule has 2 aliphatic heterocycles. The molecule has 2 aliphatic rings. The topological polar surface area (TPSA) is 82.6 Å². The summed E-state index contributed by atoms with van der Waals surface area (Å²) in [5, 5.41) is 3.40. The summed E-state index contributed by atoms with van der Waals surface area (Å²) in [5.41, 5.74) is 0.482. The summed E-state index contributed by atoms with van der Waals surface area (Å²) in [7, 11) is -3.29. The Labute approximate surface area is 224 Å². The Morgan fingerprint density at radius 3 is 2.57 bits per heavy atom. The van der Waals surface area contributed by atoms with Crippen LogP contribution in [0.1, 0.15) is 57.4 Å². The highest BCUT2D eigenvalue weighted by molar-refractivity contribution is 7.89. The molecule has 2 fully saturated rings. The summed E-state index contributed by atoms with van der Waals surface area (Å²) >= 11 is 1.36. The standard InChI is InChI=1S/C27H39FN4O3S2/c1-20(2)16-37(34,35)32-18-26(3,4)17-27(19-32)9-11-31(12-10-27)15-24(33)30-25-29-14-22(36-25)13-21-7-5-6-8-23(21)28/h5-8,14,20H,9-13,15-19H2,1-4H3,(H,29,30,33). The molecule has 1 aromatic heterocycles. The number of hydrogen-bond acceptors (Lipinski definition) is 6. The van der Waals surface area contributed by atoms with Gasteiger partial charge in [0.2, 0.25) is 15.9 Å². The van der Waals surface area contributed by atoms with Crippen molar-refractivity contribution in [1.82, 2.24) is 14.2 Å². The van der Waals surface area contributed by atoms with Crippen LogP contribution in [0.5, 0.6) is 0 Å². The maximum absolute atomic E-state index is 13.9. The first-order valence-corrected chi connectivity index (χ1v) is 15.5. The van der Waals surface area contributed by atoms with Crippen LogP contribution in [0.3, 0.4) is 0 Å². The second kappa shape index (κ2) is 11.1. The van der Waals surface area contributed by atoms with Gasteiger partial charge >= 0.3 is 0 Å². The number of rotatable bonds is 8. The minimum atomic E-state index is -3.29. The molecule has 0 atom stereocenters. The molecule has 1 N–H and O–H groups in total. The molecule has 0 bridgehead atoms. The van der Waals surface area contributed by atoms with Crippen molar-refractivity contribution >= 4 is 32.4 Å². The third-order valence-electron chi connectivity index (χ3n) is 7.31. The molecule has 3 heterocycles. The van der Waals surface area contributed by atoms with Crippen LogP contribution >= 0.6 is 11.3 Å². The number of hydrogen-bond donors (Lipinski definition) is 1. The molecule has 7 nitrogen and oxygen atoms in total. The number of nitrogens with zero attached hydrogens (tertiary/aromatic N) is 3. The molecule has 0 unspecified atom stereocenters. The lowest BCUT2D eigenvalue weighted by molar-refractivity contribution is -0.118. The number of anilines is 1. The Balaban J connectivity index is 1.31. The van der Waals surface area contributed by atoms with Crippen LogP contribution in [0, 0.1) is 22.6 Å². The van der Waals surface area contributed by atoms with E-state index in [0.717, 1.165) is 37.2 Å². The normalized spacial score (nSPS) is 20.4. The highest BCUT2D eigenvalue weighted by atomic mass is 32.2. The number of carbonyl (C=O) groups is 1. The third-order valence-corrected chi connectivity index (χ3v) is 10.4. The van der Waals surface area contributed by atoms with Gasteiger partial charge in [0, 0.05) is 30.6 Å². The van der Waals surface area contributed by atoms with Gasteiger partial charge in [0.15, 0.2) is 5.13 Å². The summed E-state index contributed by atoms with van der Waals surface area (Å²) < 4.78 is 41.8. The van der Waals surface area contributed by atoms with Gasteiger partial charge in [0.05, 0.1) is 12.3 Å². The lowest BCUT2D eigenvalue weighted by Crippen LogP contribution is -2.56. The second-order valence-corrected chi connectivity index (χ2v) is 15.1. The number of sulfonamides is 1. The van der Waals surface area contributed by atoms with Crippen molar-refractivity contribution in [2.45, 2.75) is 53.4 Å². The minimum absolute atomic E-state index is 0.0459. The van der Waals surface area contributed by atoms with Crippen LogP contribution in [-0.2, 0) is 21.2 Å². The van der Waals surface area contributed by atoms with Gasteiger partial charge in [-0.05, 0) is 60.7 Å². The SMILES string of the molecule is CC(C)CS(=O)(=O)N1CC(C)(C)CC2(CCN(CC(=O)Nc3ncc(Cc4ccccc4F)s3)CC2)C1. The van der Waals surface area contributed by atoms with Gasteiger partial charge in [-0.15, -0.1) is 11.3 Å². The number of carbonyl (C=O) groups excluding carboxylic acids is 1. The average Bonchev–Trinajstić information content (AvgIpc) is 3.22. The number of halogens is 1. The van der Waals surface area contributed by atoms with Crippen molar-refractivity contribution in [3.63, 3.8) is 0 Å². The van der Waals surface area contributed by atoms with E-state index in [4.69, 9.17) is 0 Å². The van der Waals surface area contributed by atoms with Crippen molar-refractivity contribution in [2.75, 3.05) is 43.8 Å². The van der Waals surface area contributed by atoms with Crippen LogP contribution in [0.25, 0.3) is 0 Å². The third kappa shape index (κ3) is 7.37. The summed E-state index contributed by atoms with van der Waals surface area (Å²) in [5.74, 6) is -0.0801. The van der Waals surface area contributed by atoms with Crippen molar-refractivity contribution in [1.29, 1.82) is 0 Å². The molecule has 37 heavy (non-hydrogen) atoms. The Morgan fingerprint density at radius 2 is 1.89 bits per heavy atom. The van der Waals surface area contributed by atoms with E-state index in [1.807, 2.05) is 13.8 Å². The van der Waals surface area contributed by atoms with Crippen molar-refractivity contribution in [2.24, 2.45) is 16.7 Å². The largest absolute Gasteiger partial charge is 0.301 e. The predicted octanol–water partition coefficient (Wildman–Crippen LogP) is 4.61. The van der Waals surface area contributed by atoms with E-state index in [2.05, 4.69) is 29.0 Å². The molecule has 1 spiro atoms. The number of thiazole rings is 1. The Kier molecular flexibility index (Phi) is 8.43. The highest BCUT2D eigenvalue weighted by Gasteiger charge is 2.47. The Morgan fingerprint density at radius 1 is 1.19 bits per heavy atom. The number of benzene rings is 1. The van der Waals surface area contributed by atoms with Crippen molar-refractivity contribution in [3.05, 3.63) is 46.7 Å². The number of likely N-dealkylation sites (tertiary alicyclic amines) is 1. The molecule has 204 valence electrons. The molecule has 1 aromatic carbocycles. The second-order valence-electron chi connectivity index (χ2n) is 12.0. The Hall–Kier alpha value is -1.88. The number of aromatic nitrogens is 1. The molecular formula is C27H39FN4O3S2. The fourth-order valence-electron chi connectivity index (χ4n) is 5.92. The number of piperidine rings is 2. The van der Waals surface area contributed by atoms with Crippen LogP contribution in [-0.4, -0.2) is 67.0 Å². The van der Waals surface area contributed by atoms with Gasteiger partial charge in [0.1, 0.15) is 5.82 Å². The van der Waals surface area contributed by atoms with Gasteiger partial charge in [-0.3, -0.25) is 9.69 Å². The molecule has 2 aromatic rings. The maximum atomic E-state index is 13.9. The molecule has 0 aliphatic carbocycles. The van der Waals surface area contributed by atoms with Crippen molar-refractivity contribution in [3.8, 4) is 0 Å². The average molecular weight is 551 g/mol. The smallest absolute Gasteiger partial charge is 0.240 e. The van der Waals surface area contributed by atoms with E-state index in [-0.39, 0.29) is 40.8 Å². The van der Waals surface area contributed by atoms with E-state index in [1.54, 1.807) is 28.7 Å². The highest BCUT2D eigenvalue weighted by Crippen LogP contribution is 2.47. The quantitative estimate of drug-likeness (QED) is 0.519. The molecular weight excluding hydrogens is 511 g/mol. The van der Waals surface area contributed by atoms with Crippen molar-refractivity contribution < 1.29 is 17.6 Å². The van der Waals surface area contributed by atoms with Gasteiger partial charge < -0.3 is 5.32 Å². The summed E-state index contributed by atoms with van der Waals surface area (Å²) in [6, 6.07) is 6.67. The molecule has 1 amide bonds. The van der Waals surface area contributed by atoms with E-state index in [1.165, 1.54) is 17.4 Å². The van der Waals surface area contributed by atoms with Crippen LogP contribution in [0.2, 0.25) is 0 Å². The zero-order valence-electron chi connectivity index (χ0n) is 22.3. The maximum Gasteiger partial charge on any atom is 0.240 e. The molecule has 2 saturated heterocycles. The number of amides is 1. The van der Waals surface area contributed by atoms with Gasteiger partial charge in [-0.25, -0.2) is 22.1 Å². The first-order valence-electron chi connectivity index (χ1n) is 13.0. The van der Waals surface area contributed by atoms with Gasteiger partial charge in [0.25, 0.3) is 0 Å². The summed E-state index contributed by atoms with van der Waals surface area (Å²) in [6.07, 6.45) is 4.87. The monoisotopic (exact) mass is 550 g/mol. The molecule has 10 heteroatoms. The first kappa shape index (κ1) is 28.1. The minimum Gasteiger partial charge on any atom is -0.301 e. The first-order chi connectivity index (χ1) is 17.3. The van der Waals surface area contributed by atoms with Crippen LogP contribution < -0.4 is 5.32 Å². The van der Waals surface area contributed by atoms with E-state index >= 15 is 0 Å². The van der Waals surface area contributed by atoms with E-state index < -0.39 is 10.0 Å². The summed E-state index contributed by atoms with van der Waals surface area (Å²) in [4.78, 5) is 20.0. The summed E-state index contributed by atoms with van der Waals surface area (Å²) in [6.45, 7) is 11.2. The fourth-order valence-corrected chi connectivity index (χ4v) is 8.84. The van der Waals surface area contributed by atoms with Crippen LogP contribution in [0.4, 0.5) is 9.52 Å². The predicted molar refractivity (Wildman–Crippen MR) is 147 cm³/mol. The van der Waals surface area contributed by atoms with Crippen LogP contribution in [0.15, 0.2) is 30.5 Å². The fraction of sp³-hybridized carbons (Fsp3) is 0.630. The van der Waals surface area contributed by atoms with E-state index in [0.29, 0.717) is 30.2 Å².